The molecule has 1 heterocycles. The second-order valence-corrected chi connectivity index (χ2v) is 7.04. The zero-order valence-corrected chi connectivity index (χ0v) is 13.1. The fourth-order valence-corrected chi connectivity index (χ4v) is 3.76. The second kappa shape index (κ2) is 7.11. The van der Waals surface area contributed by atoms with E-state index in [0.29, 0.717) is 43.6 Å². The maximum absolute atomic E-state index is 12.3. The summed E-state index contributed by atoms with van der Waals surface area (Å²) >= 11 is 0. The van der Waals surface area contributed by atoms with E-state index in [-0.39, 0.29) is 0 Å². The number of nitrogens with one attached hydrogen (secondary N) is 1. The summed E-state index contributed by atoms with van der Waals surface area (Å²) in [4.78, 5) is 0. The number of ether oxygens (including phenoxy) is 1. The van der Waals surface area contributed by atoms with Gasteiger partial charge in [0.1, 0.15) is 12.4 Å². The summed E-state index contributed by atoms with van der Waals surface area (Å²) < 4.78 is 34.1. The highest BCUT2D eigenvalue weighted by Crippen LogP contribution is 2.21. The van der Waals surface area contributed by atoms with Crippen LogP contribution < -0.4 is 15.2 Å². The molecule has 0 aromatic heterocycles. The Kier molecular flexibility index (Phi) is 5.44. The lowest BCUT2D eigenvalue weighted by Gasteiger charge is -2.30. The van der Waals surface area contributed by atoms with Gasteiger partial charge in [-0.1, -0.05) is 6.92 Å². The molecule has 1 unspecified atom stereocenters. The van der Waals surface area contributed by atoms with E-state index in [9.17, 15) is 8.42 Å². The fraction of sp³-hybridized carbons (Fsp3) is 0.571. The van der Waals surface area contributed by atoms with Crippen molar-refractivity contribution in [2.24, 2.45) is 11.7 Å². The molecule has 1 aromatic carbocycles. The highest BCUT2D eigenvalue weighted by atomic mass is 32.2. The minimum atomic E-state index is -3.48. The third-order valence-electron chi connectivity index (χ3n) is 3.45. The maximum atomic E-state index is 12.3. The Morgan fingerprint density at radius 2 is 2.10 bits per heavy atom. The van der Waals surface area contributed by atoms with Gasteiger partial charge in [-0.2, -0.15) is 12.7 Å². The summed E-state index contributed by atoms with van der Waals surface area (Å²) in [5.41, 5.74) is 5.90. The molecule has 3 N–H and O–H groups in total. The molecule has 1 fully saturated rings. The number of benzene rings is 1. The summed E-state index contributed by atoms with van der Waals surface area (Å²) in [6.45, 7) is 4.12. The van der Waals surface area contributed by atoms with Gasteiger partial charge in [0.2, 0.25) is 0 Å². The number of nitrogens with two attached hydrogens (primary N) is 1. The lowest BCUT2D eigenvalue weighted by atomic mass is 10.0. The Bertz CT molecular complexity index is 545. The Morgan fingerprint density at radius 1 is 1.38 bits per heavy atom. The van der Waals surface area contributed by atoms with Crippen LogP contribution in [0.5, 0.6) is 5.75 Å². The lowest BCUT2D eigenvalue weighted by molar-refractivity contribution is 0.282. The molecular weight excluding hydrogens is 290 g/mol. The zero-order valence-electron chi connectivity index (χ0n) is 12.3. The molecule has 0 radical (unpaired) electrons. The van der Waals surface area contributed by atoms with Gasteiger partial charge in [0.05, 0.1) is 5.69 Å². The number of hydrogen-bond donors (Lipinski definition) is 2. The molecule has 0 bridgehead atoms. The predicted octanol–water partition coefficient (Wildman–Crippen LogP) is 1.41. The molecule has 21 heavy (non-hydrogen) atoms. The molecule has 0 spiro atoms. The van der Waals surface area contributed by atoms with Crippen LogP contribution in [0.25, 0.3) is 0 Å². The Hall–Kier alpha value is -1.31. The molecule has 1 saturated heterocycles. The molecule has 118 valence electrons. The van der Waals surface area contributed by atoms with Crippen molar-refractivity contribution in [3.05, 3.63) is 24.3 Å². The van der Waals surface area contributed by atoms with Gasteiger partial charge < -0.3 is 10.5 Å². The molecule has 0 amide bonds. The highest BCUT2D eigenvalue weighted by molar-refractivity contribution is 7.90. The summed E-state index contributed by atoms with van der Waals surface area (Å²) in [7, 11) is -3.48. The smallest absolute Gasteiger partial charge is 0.301 e. The first-order chi connectivity index (χ1) is 10.0. The number of anilines is 1. The molecule has 0 saturated carbocycles. The van der Waals surface area contributed by atoms with Crippen LogP contribution in [-0.2, 0) is 10.2 Å². The molecule has 7 heteroatoms. The van der Waals surface area contributed by atoms with Crippen molar-refractivity contribution in [3.63, 3.8) is 0 Å². The molecule has 6 nitrogen and oxygen atoms in total. The fourth-order valence-electron chi connectivity index (χ4n) is 2.37. The first-order valence-electron chi connectivity index (χ1n) is 7.22. The van der Waals surface area contributed by atoms with Gasteiger partial charge in [-0.15, -0.1) is 0 Å². The predicted molar refractivity (Wildman–Crippen MR) is 83.5 cm³/mol. The summed E-state index contributed by atoms with van der Waals surface area (Å²) in [5.74, 6) is 1.08. The van der Waals surface area contributed by atoms with E-state index >= 15 is 0 Å². The zero-order chi connectivity index (χ0) is 15.3. The first kappa shape index (κ1) is 16.1. The number of piperidine rings is 1. The largest absolute Gasteiger partial charge is 0.492 e. The maximum Gasteiger partial charge on any atom is 0.301 e. The van der Waals surface area contributed by atoms with Crippen molar-refractivity contribution < 1.29 is 13.2 Å². The second-order valence-electron chi connectivity index (χ2n) is 5.37. The van der Waals surface area contributed by atoms with Crippen LogP contribution in [0.4, 0.5) is 5.69 Å². The molecule has 2 rings (SSSR count). The van der Waals surface area contributed by atoms with E-state index in [1.54, 1.807) is 24.3 Å². The minimum Gasteiger partial charge on any atom is -0.492 e. The van der Waals surface area contributed by atoms with Crippen molar-refractivity contribution in [1.82, 2.24) is 4.31 Å². The van der Waals surface area contributed by atoms with E-state index < -0.39 is 10.2 Å². The molecule has 1 atom stereocenters. The van der Waals surface area contributed by atoms with E-state index in [2.05, 4.69) is 11.6 Å². The average Bonchev–Trinajstić information content (AvgIpc) is 2.46. The Labute approximate surface area is 126 Å². The van der Waals surface area contributed by atoms with E-state index in [4.69, 9.17) is 10.5 Å². The van der Waals surface area contributed by atoms with Crippen molar-refractivity contribution in [1.29, 1.82) is 0 Å². The van der Waals surface area contributed by atoms with Gasteiger partial charge in [0.25, 0.3) is 0 Å². The van der Waals surface area contributed by atoms with Crippen molar-refractivity contribution >= 4 is 15.9 Å². The molecule has 1 aliphatic heterocycles. The average molecular weight is 313 g/mol. The van der Waals surface area contributed by atoms with E-state index in [1.807, 2.05) is 0 Å². The SMILES string of the molecule is CC1CCCN(S(=O)(=O)Nc2ccc(OCCN)cc2)C1. The van der Waals surface area contributed by atoms with E-state index in [1.165, 1.54) is 4.31 Å². The quantitative estimate of drug-likeness (QED) is 0.831. The number of rotatable bonds is 6. The van der Waals surface area contributed by atoms with Gasteiger partial charge in [0.15, 0.2) is 0 Å². The summed E-state index contributed by atoms with van der Waals surface area (Å²) in [5, 5.41) is 0. The third kappa shape index (κ3) is 4.59. The Balaban J connectivity index is 1.99. The summed E-state index contributed by atoms with van der Waals surface area (Å²) in [6.07, 6.45) is 1.99. The van der Waals surface area contributed by atoms with Gasteiger partial charge in [-0.25, -0.2) is 0 Å². The first-order valence-corrected chi connectivity index (χ1v) is 8.66. The highest BCUT2D eigenvalue weighted by Gasteiger charge is 2.26. The monoisotopic (exact) mass is 313 g/mol. The van der Waals surface area contributed by atoms with Crippen LogP contribution in [0.1, 0.15) is 19.8 Å². The van der Waals surface area contributed by atoms with Crippen LogP contribution in [-0.4, -0.2) is 39.0 Å². The topological polar surface area (TPSA) is 84.7 Å². The van der Waals surface area contributed by atoms with Crippen molar-refractivity contribution in [3.8, 4) is 5.75 Å². The summed E-state index contributed by atoms with van der Waals surface area (Å²) in [6, 6.07) is 6.84. The normalized spacial score (nSPS) is 20.2. The Morgan fingerprint density at radius 3 is 2.71 bits per heavy atom. The van der Waals surface area contributed by atoms with Gasteiger partial charge in [-0.05, 0) is 43.0 Å². The van der Waals surface area contributed by atoms with Crippen molar-refractivity contribution in [2.45, 2.75) is 19.8 Å². The van der Waals surface area contributed by atoms with Gasteiger partial charge in [-0.3, -0.25) is 4.72 Å². The third-order valence-corrected chi connectivity index (χ3v) is 4.95. The van der Waals surface area contributed by atoms with Crippen LogP contribution >= 0.6 is 0 Å². The lowest BCUT2D eigenvalue weighted by Crippen LogP contribution is -2.42. The van der Waals surface area contributed by atoms with Gasteiger partial charge in [0, 0.05) is 19.6 Å². The van der Waals surface area contributed by atoms with Crippen LogP contribution in [0, 0.1) is 5.92 Å². The number of hydrogen-bond acceptors (Lipinski definition) is 4. The van der Waals surface area contributed by atoms with Crippen molar-refractivity contribution in [2.75, 3.05) is 31.0 Å². The van der Waals surface area contributed by atoms with Crippen LogP contribution in [0.3, 0.4) is 0 Å². The van der Waals surface area contributed by atoms with Crippen LogP contribution in [0.2, 0.25) is 0 Å². The molecular formula is C14H23N3O3S. The minimum absolute atomic E-state index is 0.405. The standard InChI is InChI=1S/C14H23N3O3S/c1-12-3-2-9-17(11-12)21(18,19)16-13-4-6-14(7-5-13)20-10-8-15/h4-7,12,16H,2-3,8-11,15H2,1H3. The molecule has 0 aliphatic carbocycles. The number of nitrogens with zero attached hydrogens (tertiary/aromatic N) is 1. The van der Waals surface area contributed by atoms with Gasteiger partial charge >= 0.3 is 10.2 Å². The molecule has 1 aromatic rings. The van der Waals surface area contributed by atoms with E-state index in [0.717, 1.165) is 12.8 Å². The van der Waals surface area contributed by atoms with Crippen LogP contribution in [0.15, 0.2) is 24.3 Å². The molecule has 1 aliphatic rings.